The van der Waals surface area contributed by atoms with E-state index in [9.17, 15) is 4.39 Å². The predicted octanol–water partition coefficient (Wildman–Crippen LogP) is 3.82. The van der Waals surface area contributed by atoms with Gasteiger partial charge >= 0.3 is 0 Å². The first kappa shape index (κ1) is 13.4. The molecule has 0 saturated carbocycles. The van der Waals surface area contributed by atoms with E-state index < -0.39 is 0 Å². The maximum absolute atomic E-state index is 13.5. The smallest absolute Gasteiger partial charge is 0.142 e. The van der Waals surface area contributed by atoms with Gasteiger partial charge in [0.25, 0.3) is 0 Å². The van der Waals surface area contributed by atoms with Crippen molar-refractivity contribution >= 4 is 11.6 Å². The van der Waals surface area contributed by atoms with Crippen LogP contribution in [0.5, 0.6) is 0 Å². The van der Waals surface area contributed by atoms with Crippen LogP contribution in [0.1, 0.15) is 31.4 Å². The Hall–Kier alpha value is -1.06. The van der Waals surface area contributed by atoms with E-state index >= 15 is 0 Å². The Balaban J connectivity index is 2.28. The summed E-state index contributed by atoms with van der Waals surface area (Å²) >= 11 is 5.71. The van der Waals surface area contributed by atoms with Gasteiger partial charge < -0.3 is 10.1 Å². The Morgan fingerprint density at radius 1 is 1.50 bits per heavy atom. The van der Waals surface area contributed by atoms with Crippen LogP contribution in [0.2, 0.25) is 5.02 Å². The van der Waals surface area contributed by atoms with E-state index in [0.29, 0.717) is 0 Å². The van der Waals surface area contributed by atoms with Gasteiger partial charge in [0, 0.05) is 0 Å². The summed E-state index contributed by atoms with van der Waals surface area (Å²) in [5, 5.41) is 3.51. The van der Waals surface area contributed by atoms with Crippen molar-refractivity contribution in [2.24, 2.45) is 0 Å². The summed E-state index contributed by atoms with van der Waals surface area (Å²) in [5.41, 5.74) is 2.04. The molecule has 0 aromatic heterocycles. The fourth-order valence-corrected chi connectivity index (χ4v) is 2.27. The van der Waals surface area contributed by atoms with Crippen molar-refractivity contribution in [2.45, 2.75) is 25.8 Å². The Morgan fingerprint density at radius 2 is 2.33 bits per heavy atom. The summed E-state index contributed by atoms with van der Waals surface area (Å²) in [4.78, 5) is 0. The van der Waals surface area contributed by atoms with Crippen molar-refractivity contribution in [1.82, 2.24) is 5.32 Å². The molecule has 0 bridgehead atoms. The number of rotatable bonds is 4. The van der Waals surface area contributed by atoms with Crippen LogP contribution >= 0.6 is 11.6 Å². The van der Waals surface area contributed by atoms with E-state index in [1.54, 1.807) is 12.3 Å². The standard InChI is InChI=1S/C14H17ClFNO/c1-2-17-14(11-4-3-7-18-9-11)10-5-6-12(15)13(16)8-10/h5-6,8-9,14,17H,2-4,7H2,1H3. The van der Waals surface area contributed by atoms with Crippen LogP contribution in [-0.4, -0.2) is 13.2 Å². The summed E-state index contributed by atoms with van der Waals surface area (Å²) in [6.07, 6.45) is 3.77. The van der Waals surface area contributed by atoms with Crippen molar-refractivity contribution in [3.63, 3.8) is 0 Å². The van der Waals surface area contributed by atoms with E-state index in [1.165, 1.54) is 6.07 Å². The molecule has 0 radical (unpaired) electrons. The third-order valence-corrected chi connectivity index (χ3v) is 3.32. The van der Waals surface area contributed by atoms with Crippen LogP contribution in [0.4, 0.5) is 4.39 Å². The SMILES string of the molecule is CCNC(C1=COCCC1)c1ccc(Cl)c(F)c1. The minimum Gasteiger partial charge on any atom is -0.501 e. The molecular formula is C14H17ClFNO. The Kier molecular flexibility index (Phi) is 4.61. The fraction of sp³-hybridized carbons (Fsp3) is 0.429. The van der Waals surface area contributed by atoms with Crippen molar-refractivity contribution in [3.8, 4) is 0 Å². The zero-order chi connectivity index (χ0) is 13.0. The second-order valence-electron chi connectivity index (χ2n) is 4.33. The lowest BCUT2D eigenvalue weighted by Crippen LogP contribution is -2.24. The van der Waals surface area contributed by atoms with Crippen LogP contribution < -0.4 is 5.32 Å². The van der Waals surface area contributed by atoms with E-state index in [-0.39, 0.29) is 16.9 Å². The second kappa shape index (κ2) is 6.21. The van der Waals surface area contributed by atoms with Gasteiger partial charge in [-0.2, -0.15) is 0 Å². The van der Waals surface area contributed by atoms with E-state index in [1.807, 2.05) is 13.0 Å². The normalized spacial score (nSPS) is 16.9. The molecule has 0 amide bonds. The van der Waals surface area contributed by atoms with Crippen LogP contribution in [0, 0.1) is 5.82 Å². The van der Waals surface area contributed by atoms with Crippen molar-refractivity contribution in [3.05, 3.63) is 46.4 Å². The quantitative estimate of drug-likeness (QED) is 0.897. The molecule has 1 atom stereocenters. The summed E-state index contributed by atoms with van der Waals surface area (Å²) in [6, 6.07) is 4.95. The molecule has 2 nitrogen and oxygen atoms in total. The molecule has 1 aromatic rings. The monoisotopic (exact) mass is 269 g/mol. The third kappa shape index (κ3) is 3.03. The first-order valence-corrected chi connectivity index (χ1v) is 6.59. The summed E-state index contributed by atoms with van der Waals surface area (Å²) in [6.45, 7) is 3.60. The fourth-order valence-electron chi connectivity index (χ4n) is 2.16. The van der Waals surface area contributed by atoms with Crippen LogP contribution in [0.15, 0.2) is 30.0 Å². The predicted molar refractivity (Wildman–Crippen MR) is 71.1 cm³/mol. The van der Waals surface area contributed by atoms with Crippen LogP contribution in [0.25, 0.3) is 0 Å². The number of hydrogen-bond acceptors (Lipinski definition) is 2. The zero-order valence-electron chi connectivity index (χ0n) is 10.4. The number of halogens is 2. The molecule has 4 heteroatoms. The molecule has 1 aliphatic rings. The van der Waals surface area contributed by atoms with Gasteiger partial charge in [0.05, 0.1) is 23.9 Å². The molecule has 1 heterocycles. The van der Waals surface area contributed by atoms with Crippen LogP contribution in [-0.2, 0) is 4.74 Å². The van der Waals surface area contributed by atoms with Crippen molar-refractivity contribution < 1.29 is 9.13 Å². The van der Waals surface area contributed by atoms with Gasteiger partial charge in [-0.1, -0.05) is 24.6 Å². The summed E-state index contributed by atoms with van der Waals surface area (Å²) in [5.74, 6) is -0.380. The van der Waals surface area contributed by atoms with Crippen LogP contribution in [0.3, 0.4) is 0 Å². The second-order valence-corrected chi connectivity index (χ2v) is 4.74. The highest BCUT2D eigenvalue weighted by Gasteiger charge is 2.19. The molecule has 18 heavy (non-hydrogen) atoms. The van der Waals surface area contributed by atoms with E-state index in [0.717, 1.165) is 37.1 Å². The van der Waals surface area contributed by atoms with Gasteiger partial charge in [0.1, 0.15) is 5.82 Å². The van der Waals surface area contributed by atoms with Gasteiger partial charge in [-0.3, -0.25) is 0 Å². The van der Waals surface area contributed by atoms with Gasteiger partial charge in [-0.15, -0.1) is 0 Å². The summed E-state index contributed by atoms with van der Waals surface area (Å²) in [7, 11) is 0. The lowest BCUT2D eigenvalue weighted by atomic mass is 9.95. The van der Waals surface area contributed by atoms with Gasteiger partial charge in [-0.25, -0.2) is 4.39 Å². The lowest BCUT2D eigenvalue weighted by Gasteiger charge is -2.24. The average Bonchev–Trinajstić information content (AvgIpc) is 2.40. The maximum Gasteiger partial charge on any atom is 0.142 e. The average molecular weight is 270 g/mol. The molecule has 1 unspecified atom stereocenters. The first-order valence-electron chi connectivity index (χ1n) is 6.21. The molecule has 1 aliphatic heterocycles. The molecular weight excluding hydrogens is 253 g/mol. The highest BCUT2D eigenvalue weighted by molar-refractivity contribution is 6.30. The Morgan fingerprint density at radius 3 is 2.94 bits per heavy atom. The molecule has 2 rings (SSSR count). The molecule has 0 fully saturated rings. The van der Waals surface area contributed by atoms with Crippen molar-refractivity contribution in [2.75, 3.05) is 13.2 Å². The molecule has 0 aliphatic carbocycles. The minimum atomic E-state index is -0.380. The number of hydrogen-bond donors (Lipinski definition) is 1. The molecule has 0 spiro atoms. The van der Waals surface area contributed by atoms with Gasteiger partial charge in [0.2, 0.25) is 0 Å². The highest BCUT2D eigenvalue weighted by atomic mass is 35.5. The largest absolute Gasteiger partial charge is 0.501 e. The number of likely N-dealkylation sites (N-methyl/N-ethyl adjacent to an activating group) is 1. The van der Waals surface area contributed by atoms with Crippen molar-refractivity contribution in [1.29, 1.82) is 0 Å². The van der Waals surface area contributed by atoms with Gasteiger partial charge in [-0.05, 0) is 42.7 Å². The molecule has 1 aromatic carbocycles. The minimum absolute atomic E-state index is 0.00191. The number of benzene rings is 1. The zero-order valence-corrected chi connectivity index (χ0v) is 11.1. The Bertz CT molecular complexity index is 447. The molecule has 1 N–H and O–H groups in total. The van der Waals surface area contributed by atoms with Gasteiger partial charge in [0.15, 0.2) is 0 Å². The number of nitrogens with one attached hydrogen (secondary N) is 1. The maximum atomic E-state index is 13.5. The first-order chi connectivity index (χ1) is 8.72. The molecule has 98 valence electrons. The topological polar surface area (TPSA) is 21.3 Å². The Labute approximate surface area is 112 Å². The molecule has 0 saturated heterocycles. The number of ether oxygens (including phenoxy) is 1. The lowest BCUT2D eigenvalue weighted by molar-refractivity contribution is 0.219. The van der Waals surface area contributed by atoms with E-state index in [2.05, 4.69) is 5.32 Å². The third-order valence-electron chi connectivity index (χ3n) is 3.02. The summed E-state index contributed by atoms with van der Waals surface area (Å²) < 4.78 is 18.9. The van der Waals surface area contributed by atoms with E-state index in [4.69, 9.17) is 16.3 Å². The highest BCUT2D eigenvalue weighted by Crippen LogP contribution is 2.29.